The molecule has 12 rings (SSSR count). The van der Waals surface area contributed by atoms with Crippen LogP contribution in [0.1, 0.15) is 54.8 Å². The largest absolute Gasteiger partial charge is 0.228 e. The number of hydrogen-bond donors (Lipinski definition) is 0. The maximum Gasteiger partial charge on any atom is 0.160 e. The quantitative estimate of drug-likeness (QED) is 0.179. The van der Waals surface area contributed by atoms with E-state index in [4.69, 9.17) is 19.9 Å². The van der Waals surface area contributed by atoms with Gasteiger partial charge in [-0.2, -0.15) is 0 Å². The van der Waals surface area contributed by atoms with Gasteiger partial charge in [0.1, 0.15) is 0 Å². The van der Waals surface area contributed by atoms with Crippen molar-refractivity contribution in [3.05, 3.63) is 198 Å². The van der Waals surface area contributed by atoms with Gasteiger partial charge in [-0.15, -0.1) is 0 Å². The van der Waals surface area contributed by atoms with Crippen LogP contribution in [0.25, 0.3) is 83.5 Å². The summed E-state index contributed by atoms with van der Waals surface area (Å²) < 4.78 is 0. The Morgan fingerprint density at radius 3 is 1.53 bits per heavy atom. The fourth-order valence-electron chi connectivity index (χ4n) is 10.4. The number of hydrogen-bond acceptors (Lipinski definition) is 4. The number of rotatable bonds is 4. The first kappa shape index (κ1) is 34.0. The Balaban J connectivity index is 1.13. The predicted octanol–water partition coefficient (Wildman–Crippen LogP) is 13.4. The highest BCUT2D eigenvalue weighted by atomic mass is 14.9. The molecule has 0 amide bonds. The summed E-state index contributed by atoms with van der Waals surface area (Å²) in [4.78, 5) is 21.0. The van der Waals surface area contributed by atoms with Gasteiger partial charge in [-0.05, 0) is 99.0 Å². The normalized spacial score (nSPS) is 17.1. The van der Waals surface area contributed by atoms with Crippen molar-refractivity contribution in [1.29, 1.82) is 0 Å². The van der Waals surface area contributed by atoms with Gasteiger partial charge in [-0.25, -0.2) is 19.9 Å². The molecule has 0 aliphatic heterocycles. The van der Waals surface area contributed by atoms with E-state index in [-0.39, 0.29) is 0 Å². The average molecular weight is 757 g/mol. The Morgan fingerprint density at radius 1 is 0.424 bits per heavy atom. The molecule has 7 aromatic carbocycles. The lowest BCUT2D eigenvalue weighted by atomic mass is 9.70. The zero-order valence-corrected chi connectivity index (χ0v) is 33.0. The van der Waals surface area contributed by atoms with Crippen LogP contribution < -0.4 is 0 Å². The lowest BCUT2D eigenvalue weighted by Crippen LogP contribution is -2.25. The molecule has 0 radical (unpaired) electrons. The van der Waals surface area contributed by atoms with Gasteiger partial charge in [-0.3, -0.25) is 0 Å². The molecular formula is C55H40N4. The summed E-state index contributed by atoms with van der Waals surface area (Å²) in [6, 6.07) is 59.3. The van der Waals surface area contributed by atoms with E-state index in [0.29, 0.717) is 11.8 Å². The van der Waals surface area contributed by atoms with Crippen molar-refractivity contribution in [2.24, 2.45) is 11.8 Å². The van der Waals surface area contributed by atoms with Crippen molar-refractivity contribution in [3.63, 3.8) is 0 Å². The minimum absolute atomic E-state index is 0.410. The standard InChI is InChI=1S/C55H40N4/c1-33-24-25-34(2)42(30-33)54-57-50-23-13-9-19-41(50)52(59-54)37-27-29-48-44(32-37)43-31-36(51-40-18-8-12-22-49(40)56-53(58-51)35-14-4-3-5-15-35)26-28-47(43)55(48)45-20-10-6-16-38(45)39-17-7-11-21-46(39)55/h3-23,26-34H,24-25H2,1-2H3. The zero-order chi connectivity index (χ0) is 39.2. The third-order valence-corrected chi connectivity index (χ3v) is 13.2. The van der Waals surface area contributed by atoms with E-state index < -0.39 is 5.41 Å². The molecule has 0 fully saturated rings. The van der Waals surface area contributed by atoms with Crippen LogP contribution in [0.15, 0.2) is 170 Å². The van der Waals surface area contributed by atoms with Crippen LogP contribution in [0.5, 0.6) is 0 Å². The highest BCUT2D eigenvalue weighted by Crippen LogP contribution is 2.63. The Labute approximate surface area is 344 Å². The summed E-state index contributed by atoms with van der Waals surface area (Å²) in [6.07, 6.45) is 4.75. The SMILES string of the molecule is CC1C=C(c2nc(-c3ccc4c(c3)-c3cc(-c5nc(-c6ccccc6)nc6ccccc56)ccc3C43c4ccccc4-c4ccccc43)c3ccccc3n2)C(C)CC1. The molecule has 9 aromatic rings. The molecule has 0 saturated heterocycles. The zero-order valence-electron chi connectivity index (χ0n) is 33.0. The molecule has 2 heterocycles. The van der Waals surface area contributed by atoms with E-state index in [1.54, 1.807) is 0 Å². The van der Waals surface area contributed by atoms with E-state index in [1.807, 2.05) is 18.2 Å². The van der Waals surface area contributed by atoms with E-state index >= 15 is 0 Å². The van der Waals surface area contributed by atoms with Crippen molar-refractivity contribution in [1.82, 2.24) is 19.9 Å². The summed E-state index contributed by atoms with van der Waals surface area (Å²) in [6.45, 7) is 4.63. The molecule has 2 aromatic heterocycles. The van der Waals surface area contributed by atoms with E-state index in [9.17, 15) is 0 Å². The molecular weight excluding hydrogens is 717 g/mol. The summed E-state index contributed by atoms with van der Waals surface area (Å²) in [5, 5.41) is 2.10. The van der Waals surface area contributed by atoms with E-state index in [0.717, 1.165) is 68.0 Å². The van der Waals surface area contributed by atoms with Gasteiger partial charge in [0.05, 0.1) is 27.8 Å². The fourth-order valence-corrected chi connectivity index (χ4v) is 10.4. The maximum absolute atomic E-state index is 5.46. The smallest absolute Gasteiger partial charge is 0.160 e. The first-order chi connectivity index (χ1) is 29.1. The number of nitrogens with zero attached hydrogens (tertiary/aromatic N) is 4. The number of aromatic nitrogens is 4. The number of para-hydroxylation sites is 2. The second kappa shape index (κ2) is 13.0. The molecule has 4 heteroatoms. The summed E-state index contributed by atoms with van der Waals surface area (Å²) in [5.74, 6) is 2.49. The van der Waals surface area contributed by atoms with Gasteiger partial charge in [-0.1, -0.05) is 159 Å². The van der Waals surface area contributed by atoms with Crippen LogP contribution in [0, 0.1) is 11.8 Å². The van der Waals surface area contributed by atoms with Crippen LogP contribution >= 0.6 is 0 Å². The molecule has 2 unspecified atom stereocenters. The Hall–Kier alpha value is -7.04. The van der Waals surface area contributed by atoms with Crippen molar-refractivity contribution >= 4 is 27.4 Å². The summed E-state index contributed by atoms with van der Waals surface area (Å²) in [7, 11) is 0. The molecule has 0 saturated carbocycles. The monoisotopic (exact) mass is 756 g/mol. The van der Waals surface area contributed by atoms with Gasteiger partial charge in [0.25, 0.3) is 0 Å². The second-order valence-corrected chi connectivity index (χ2v) is 16.6. The van der Waals surface area contributed by atoms with E-state index in [2.05, 4.69) is 166 Å². The Morgan fingerprint density at radius 2 is 0.915 bits per heavy atom. The predicted molar refractivity (Wildman–Crippen MR) is 241 cm³/mol. The molecule has 2 atom stereocenters. The van der Waals surface area contributed by atoms with Crippen molar-refractivity contribution in [2.75, 3.05) is 0 Å². The Bertz CT molecular complexity index is 3170. The number of benzene rings is 7. The topological polar surface area (TPSA) is 51.6 Å². The van der Waals surface area contributed by atoms with Gasteiger partial charge >= 0.3 is 0 Å². The highest BCUT2D eigenvalue weighted by Gasteiger charge is 2.51. The molecule has 0 bridgehead atoms. The molecule has 0 N–H and O–H groups in total. The van der Waals surface area contributed by atoms with E-state index in [1.165, 1.54) is 56.5 Å². The second-order valence-electron chi connectivity index (χ2n) is 16.6. The van der Waals surface area contributed by atoms with Crippen molar-refractivity contribution in [2.45, 2.75) is 32.1 Å². The average Bonchev–Trinajstić information content (AvgIpc) is 3.76. The molecule has 3 aliphatic rings. The van der Waals surface area contributed by atoms with Crippen LogP contribution in [-0.2, 0) is 5.41 Å². The lowest BCUT2D eigenvalue weighted by molar-refractivity contribution is 0.513. The third kappa shape index (κ3) is 5.02. The third-order valence-electron chi connectivity index (χ3n) is 13.2. The van der Waals surface area contributed by atoms with Gasteiger partial charge in [0.2, 0.25) is 0 Å². The van der Waals surface area contributed by atoms with Gasteiger partial charge < -0.3 is 0 Å². The van der Waals surface area contributed by atoms with Gasteiger partial charge in [0.15, 0.2) is 11.6 Å². The van der Waals surface area contributed by atoms with Crippen molar-refractivity contribution < 1.29 is 0 Å². The fraction of sp³-hybridized carbons (Fsp3) is 0.127. The minimum Gasteiger partial charge on any atom is -0.228 e. The molecule has 4 nitrogen and oxygen atoms in total. The van der Waals surface area contributed by atoms with Crippen LogP contribution in [-0.4, -0.2) is 19.9 Å². The molecule has 1 spiro atoms. The van der Waals surface area contributed by atoms with Gasteiger partial charge in [0, 0.05) is 27.5 Å². The maximum atomic E-state index is 5.46. The summed E-state index contributed by atoms with van der Waals surface area (Å²) >= 11 is 0. The van der Waals surface area contributed by atoms with Crippen LogP contribution in [0.2, 0.25) is 0 Å². The first-order valence-electron chi connectivity index (χ1n) is 20.9. The molecule has 59 heavy (non-hydrogen) atoms. The number of fused-ring (bicyclic) bond motifs is 12. The highest BCUT2D eigenvalue weighted by molar-refractivity contribution is 6.01. The Kier molecular flexibility index (Phi) is 7.49. The van der Waals surface area contributed by atoms with Crippen LogP contribution in [0.4, 0.5) is 0 Å². The first-order valence-corrected chi connectivity index (χ1v) is 20.9. The van der Waals surface area contributed by atoms with Crippen molar-refractivity contribution in [3.8, 4) is 56.2 Å². The summed E-state index contributed by atoms with van der Waals surface area (Å²) in [5.41, 5.74) is 18.0. The number of allylic oxidation sites excluding steroid dienone is 2. The molecule has 280 valence electrons. The minimum atomic E-state index is -0.477. The van der Waals surface area contributed by atoms with Crippen LogP contribution in [0.3, 0.4) is 0 Å². The lowest BCUT2D eigenvalue weighted by Gasteiger charge is -2.30. The molecule has 3 aliphatic carbocycles.